The maximum atomic E-state index is 12.3. The summed E-state index contributed by atoms with van der Waals surface area (Å²) in [4.78, 5) is 15.4. The number of ketones is 1. The number of phenolic OH excluding ortho intramolecular Hbond substituents is 1. The third-order valence-electron chi connectivity index (χ3n) is 3.25. The molecule has 1 heterocycles. The normalized spacial score (nSPS) is 11.3. The molecule has 4 heteroatoms. The van der Waals surface area contributed by atoms with Crippen LogP contribution in [-0.4, -0.2) is 15.9 Å². The van der Waals surface area contributed by atoms with Gasteiger partial charge in [0.1, 0.15) is 5.75 Å². The van der Waals surface area contributed by atoms with Crippen molar-refractivity contribution >= 4 is 38.7 Å². The Bertz CT molecular complexity index is 849. The van der Waals surface area contributed by atoms with Gasteiger partial charge in [0.25, 0.3) is 0 Å². The van der Waals surface area contributed by atoms with Crippen LogP contribution in [0.25, 0.3) is 17.0 Å². The summed E-state index contributed by atoms with van der Waals surface area (Å²) in [5.41, 5.74) is 2.44. The summed E-state index contributed by atoms with van der Waals surface area (Å²) >= 11 is 3.25. The smallest absolute Gasteiger partial charge is 0.187 e. The summed E-state index contributed by atoms with van der Waals surface area (Å²) in [6, 6.07) is 12.8. The van der Waals surface area contributed by atoms with E-state index in [1.54, 1.807) is 30.5 Å². The van der Waals surface area contributed by atoms with E-state index in [0.717, 1.165) is 16.5 Å². The Morgan fingerprint density at radius 1 is 1.19 bits per heavy atom. The van der Waals surface area contributed by atoms with Crippen molar-refractivity contribution < 1.29 is 9.90 Å². The van der Waals surface area contributed by atoms with Crippen LogP contribution in [0.15, 0.2) is 59.2 Å². The molecule has 1 aromatic heterocycles. The van der Waals surface area contributed by atoms with Gasteiger partial charge in [-0.3, -0.25) is 4.79 Å². The number of carbonyl (C=O) groups excluding carboxylic acids is 1. The Balaban J connectivity index is 1.89. The van der Waals surface area contributed by atoms with Gasteiger partial charge in [-0.1, -0.05) is 30.3 Å². The summed E-state index contributed by atoms with van der Waals surface area (Å²) < 4.78 is 0.601. The van der Waals surface area contributed by atoms with Crippen molar-refractivity contribution in [3.05, 3.63) is 70.3 Å². The van der Waals surface area contributed by atoms with Crippen molar-refractivity contribution in [2.24, 2.45) is 0 Å². The lowest BCUT2D eigenvalue weighted by atomic mass is 10.1. The zero-order chi connectivity index (χ0) is 14.8. The Kier molecular flexibility index (Phi) is 3.62. The van der Waals surface area contributed by atoms with E-state index in [-0.39, 0.29) is 11.5 Å². The van der Waals surface area contributed by atoms with E-state index in [4.69, 9.17) is 0 Å². The van der Waals surface area contributed by atoms with Crippen molar-refractivity contribution in [2.75, 3.05) is 0 Å². The lowest BCUT2D eigenvalue weighted by molar-refractivity contribution is 0.104. The van der Waals surface area contributed by atoms with Crippen LogP contribution < -0.4 is 0 Å². The first-order valence-electron chi connectivity index (χ1n) is 6.42. The maximum absolute atomic E-state index is 12.3. The van der Waals surface area contributed by atoms with Crippen LogP contribution in [0.5, 0.6) is 5.75 Å². The molecule has 0 radical (unpaired) electrons. The number of aromatic nitrogens is 1. The summed E-state index contributed by atoms with van der Waals surface area (Å²) in [5, 5.41) is 10.4. The van der Waals surface area contributed by atoms with Gasteiger partial charge in [0, 0.05) is 22.7 Å². The number of nitrogens with one attached hydrogen (secondary N) is 1. The lowest BCUT2D eigenvalue weighted by Gasteiger charge is -1.98. The first-order chi connectivity index (χ1) is 10.1. The molecule has 0 saturated heterocycles. The average molecular weight is 342 g/mol. The molecule has 0 amide bonds. The number of hydrogen-bond donors (Lipinski definition) is 2. The van der Waals surface area contributed by atoms with Crippen molar-refractivity contribution in [1.82, 2.24) is 4.98 Å². The Morgan fingerprint density at radius 2 is 2.00 bits per heavy atom. The Morgan fingerprint density at radius 3 is 2.81 bits per heavy atom. The summed E-state index contributed by atoms with van der Waals surface area (Å²) in [7, 11) is 0. The molecular formula is C17H12BrNO2. The van der Waals surface area contributed by atoms with E-state index in [2.05, 4.69) is 20.9 Å². The van der Waals surface area contributed by atoms with E-state index in [9.17, 15) is 9.90 Å². The van der Waals surface area contributed by atoms with Gasteiger partial charge >= 0.3 is 0 Å². The van der Waals surface area contributed by atoms with Crippen LogP contribution in [-0.2, 0) is 0 Å². The van der Waals surface area contributed by atoms with E-state index in [1.165, 1.54) is 6.08 Å². The summed E-state index contributed by atoms with van der Waals surface area (Å²) in [6.07, 6.45) is 4.99. The van der Waals surface area contributed by atoms with Crippen molar-refractivity contribution in [2.45, 2.75) is 0 Å². The summed E-state index contributed by atoms with van der Waals surface area (Å²) in [5.74, 6) is 0.117. The van der Waals surface area contributed by atoms with Gasteiger partial charge in [-0.2, -0.15) is 0 Å². The molecule has 0 aliphatic heterocycles. The third-order valence-corrected chi connectivity index (χ3v) is 3.89. The number of aromatic amines is 1. The standard InChI is InChI=1S/C17H12BrNO2/c18-14-9-11(6-8-17(14)21)5-7-16(20)13-10-19-15-4-2-1-3-12(13)15/h1-10,19,21H/b7-5+. The number of hydrogen-bond acceptors (Lipinski definition) is 2. The largest absolute Gasteiger partial charge is 0.507 e. The molecule has 0 bridgehead atoms. The zero-order valence-electron chi connectivity index (χ0n) is 11.0. The molecule has 3 nitrogen and oxygen atoms in total. The van der Waals surface area contributed by atoms with Crippen LogP contribution in [0, 0.1) is 0 Å². The van der Waals surface area contributed by atoms with Crippen LogP contribution in [0.2, 0.25) is 0 Å². The quantitative estimate of drug-likeness (QED) is 0.543. The van der Waals surface area contributed by atoms with E-state index in [1.807, 2.05) is 24.3 Å². The van der Waals surface area contributed by atoms with Gasteiger partial charge in [-0.25, -0.2) is 0 Å². The van der Waals surface area contributed by atoms with Gasteiger partial charge in [0.05, 0.1) is 4.47 Å². The fourth-order valence-electron chi connectivity index (χ4n) is 2.16. The predicted octanol–water partition coefficient (Wildman–Crippen LogP) is 4.53. The van der Waals surface area contributed by atoms with E-state index >= 15 is 0 Å². The summed E-state index contributed by atoms with van der Waals surface area (Å²) in [6.45, 7) is 0. The van der Waals surface area contributed by atoms with E-state index < -0.39 is 0 Å². The lowest BCUT2D eigenvalue weighted by Crippen LogP contribution is -1.92. The van der Waals surface area contributed by atoms with E-state index in [0.29, 0.717) is 10.0 Å². The minimum atomic E-state index is -0.0587. The number of halogens is 1. The Hall–Kier alpha value is -2.33. The average Bonchev–Trinajstić information content (AvgIpc) is 2.92. The first-order valence-corrected chi connectivity index (χ1v) is 7.21. The molecule has 21 heavy (non-hydrogen) atoms. The van der Waals surface area contributed by atoms with Crippen LogP contribution in [0.4, 0.5) is 0 Å². The maximum Gasteiger partial charge on any atom is 0.187 e. The molecule has 2 N–H and O–H groups in total. The fourth-order valence-corrected chi connectivity index (χ4v) is 2.56. The molecule has 104 valence electrons. The number of H-pyrrole nitrogens is 1. The number of aromatic hydroxyl groups is 1. The number of rotatable bonds is 3. The highest BCUT2D eigenvalue weighted by Gasteiger charge is 2.08. The predicted molar refractivity (Wildman–Crippen MR) is 87.5 cm³/mol. The molecule has 3 aromatic rings. The van der Waals surface area contributed by atoms with Crippen LogP contribution >= 0.6 is 15.9 Å². The molecule has 3 rings (SSSR count). The molecule has 0 aliphatic carbocycles. The fraction of sp³-hybridized carbons (Fsp3) is 0. The number of allylic oxidation sites excluding steroid dienone is 1. The highest BCUT2D eigenvalue weighted by molar-refractivity contribution is 9.10. The highest BCUT2D eigenvalue weighted by atomic mass is 79.9. The number of carbonyl (C=O) groups is 1. The van der Waals surface area contributed by atoms with Crippen molar-refractivity contribution in [3.8, 4) is 5.75 Å². The number of para-hydroxylation sites is 1. The molecular weight excluding hydrogens is 330 g/mol. The molecule has 0 atom stereocenters. The second-order valence-electron chi connectivity index (χ2n) is 4.66. The molecule has 0 aliphatic rings. The van der Waals surface area contributed by atoms with Gasteiger partial charge in [-0.05, 0) is 45.8 Å². The topological polar surface area (TPSA) is 53.1 Å². The molecule has 0 fully saturated rings. The first kappa shape index (κ1) is 13.6. The van der Waals surface area contributed by atoms with Gasteiger partial charge < -0.3 is 10.1 Å². The van der Waals surface area contributed by atoms with Crippen molar-refractivity contribution in [1.29, 1.82) is 0 Å². The molecule has 0 spiro atoms. The zero-order valence-corrected chi connectivity index (χ0v) is 12.6. The number of benzene rings is 2. The van der Waals surface area contributed by atoms with Gasteiger partial charge in [0.2, 0.25) is 0 Å². The van der Waals surface area contributed by atoms with Gasteiger partial charge in [-0.15, -0.1) is 0 Å². The second kappa shape index (κ2) is 5.58. The minimum absolute atomic E-state index is 0.0587. The van der Waals surface area contributed by atoms with Crippen LogP contribution in [0.3, 0.4) is 0 Å². The number of fused-ring (bicyclic) bond motifs is 1. The van der Waals surface area contributed by atoms with Gasteiger partial charge in [0.15, 0.2) is 5.78 Å². The molecule has 2 aromatic carbocycles. The Labute approximate surface area is 130 Å². The minimum Gasteiger partial charge on any atom is -0.507 e. The third kappa shape index (κ3) is 2.76. The number of phenols is 1. The van der Waals surface area contributed by atoms with Crippen molar-refractivity contribution in [3.63, 3.8) is 0 Å². The molecule has 0 saturated carbocycles. The van der Waals surface area contributed by atoms with Crippen LogP contribution in [0.1, 0.15) is 15.9 Å². The second-order valence-corrected chi connectivity index (χ2v) is 5.51. The molecule has 0 unspecified atom stereocenters. The SMILES string of the molecule is O=C(/C=C/c1ccc(O)c(Br)c1)c1c[nH]c2ccccc12. The highest BCUT2D eigenvalue weighted by Crippen LogP contribution is 2.25. The monoisotopic (exact) mass is 341 g/mol.